The highest BCUT2D eigenvalue weighted by molar-refractivity contribution is 9.09. The van der Waals surface area contributed by atoms with E-state index in [1.165, 1.54) is 29.2 Å². The molecule has 0 bridgehead atoms. The van der Waals surface area contributed by atoms with Gasteiger partial charge in [0.05, 0.1) is 6.10 Å². The number of hydrogen-bond acceptors (Lipinski definition) is 6. The summed E-state index contributed by atoms with van der Waals surface area (Å²) in [5, 5.41) is 22.1. The minimum Gasteiger partial charge on any atom is -0.481 e. The molecule has 0 amide bonds. The van der Waals surface area contributed by atoms with E-state index in [1.54, 1.807) is 0 Å². The fourth-order valence-corrected chi connectivity index (χ4v) is 5.28. The summed E-state index contributed by atoms with van der Waals surface area (Å²) < 4.78 is 11.4. The molecule has 4 rings (SSSR count). The van der Waals surface area contributed by atoms with Crippen LogP contribution in [0.25, 0.3) is 0 Å². The number of ether oxygens (including phenoxy) is 2. The van der Waals surface area contributed by atoms with Crippen molar-refractivity contribution in [2.75, 3.05) is 6.61 Å². The van der Waals surface area contributed by atoms with Gasteiger partial charge in [-0.05, 0) is 35.1 Å². The lowest BCUT2D eigenvalue weighted by Gasteiger charge is -2.35. The molecule has 1 aliphatic rings. The summed E-state index contributed by atoms with van der Waals surface area (Å²) in [6, 6.07) is 30.0. The number of alkyl halides is 1. The monoisotopic (exact) mass is 658 g/mol. The molecule has 1 aliphatic heterocycles. The van der Waals surface area contributed by atoms with Crippen molar-refractivity contribution in [3.63, 3.8) is 0 Å². The number of halogens is 1. The third kappa shape index (κ3) is 15.1. The van der Waals surface area contributed by atoms with Gasteiger partial charge in [0, 0.05) is 39.5 Å². The molecule has 3 aromatic rings. The first-order chi connectivity index (χ1) is 20.3. The Balaban J connectivity index is 0.000000659. The van der Waals surface area contributed by atoms with Crippen molar-refractivity contribution in [1.82, 2.24) is 0 Å². The van der Waals surface area contributed by atoms with Crippen molar-refractivity contribution in [3.8, 4) is 0 Å². The van der Waals surface area contributed by atoms with E-state index in [2.05, 4.69) is 101 Å². The van der Waals surface area contributed by atoms with Crippen LogP contribution < -0.4 is 0 Å². The maximum atomic E-state index is 11.2. The van der Waals surface area contributed by atoms with Crippen LogP contribution in [0.1, 0.15) is 74.6 Å². The van der Waals surface area contributed by atoms with E-state index in [-0.39, 0.29) is 28.9 Å². The van der Waals surface area contributed by atoms with Crippen molar-refractivity contribution in [3.05, 3.63) is 107 Å². The molecule has 0 aliphatic carbocycles. The lowest BCUT2D eigenvalue weighted by atomic mass is 9.78. The van der Waals surface area contributed by atoms with E-state index in [4.69, 9.17) is 39.2 Å². The van der Waals surface area contributed by atoms with Crippen molar-refractivity contribution in [1.29, 1.82) is 0 Å². The van der Waals surface area contributed by atoms with Gasteiger partial charge in [0.25, 0.3) is 17.9 Å². The first-order valence-corrected chi connectivity index (χ1v) is 14.4. The van der Waals surface area contributed by atoms with Crippen LogP contribution in [0.5, 0.6) is 0 Å². The Morgan fingerprint density at radius 2 is 1.16 bits per heavy atom. The van der Waals surface area contributed by atoms with Crippen LogP contribution in [0, 0.1) is 0 Å². The van der Waals surface area contributed by atoms with E-state index in [9.17, 15) is 4.79 Å². The average molecular weight is 660 g/mol. The Labute approximate surface area is 260 Å². The van der Waals surface area contributed by atoms with Gasteiger partial charge in [0.2, 0.25) is 0 Å². The van der Waals surface area contributed by atoms with Gasteiger partial charge in [0.15, 0.2) is 0 Å². The highest BCUT2D eigenvalue weighted by atomic mass is 79.9. The fourth-order valence-electron chi connectivity index (χ4n) is 4.43. The Bertz CT molecular complexity index is 1200. The van der Waals surface area contributed by atoms with Crippen molar-refractivity contribution in [2.45, 2.75) is 63.5 Å². The molecule has 9 nitrogen and oxygen atoms in total. The SMILES string of the molecule is CC(=O)O.CC(=O)O.CC(=O)O.CC(=O)OC[C@H]1CC[C@H](c2ccccc2C(c2ccccc2)c2ccccc2)[C@@H](Br)O1. The van der Waals surface area contributed by atoms with Crippen LogP contribution in [0.2, 0.25) is 0 Å². The van der Waals surface area contributed by atoms with Gasteiger partial charge < -0.3 is 24.8 Å². The normalized spacial score (nSPS) is 16.9. The number of carbonyl (C=O) groups is 4. The zero-order valence-corrected chi connectivity index (χ0v) is 26.3. The topological polar surface area (TPSA) is 147 Å². The maximum absolute atomic E-state index is 11.2. The zero-order valence-electron chi connectivity index (χ0n) is 24.7. The predicted molar refractivity (Wildman–Crippen MR) is 166 cm³/mol. The van der Waals surface area contributed by atoms with Crippen LogP contribution in [-0.4, -0.2) is 56.9 Å². The van der Waals surface area contributed by atoms with E-state index in [1.807, 2.05) is 0 Å². The quantitative estimate of drug-likeness (QED) is 0.150. The second kappa shape index (κ2) is 20.0. The standard InChI is InChI=1S/C27H27BrO3.3C2H4O2/c1-19(29)30-18-22-16-17-25(27(28)31-22)23-14-8-9-15-24(23)26(20-10-4-2-5-11-20)21-12-6-3-7-13-21;3*1-2(3)4/h2-15,22,25-27H,16-18H2,1H3;3*1H3,(H,3,4)/t22-,25-,27+;;;/m1.../s1. The van der Waals surface area contributed by atoms with E-state index >= 15 is 0 Å². The molecule has 3 aromatic carbocycles. The smallest absolute Gasteiger partial charge is 0.302 e. The van der Waals surface area contributed by atoms with Gasteiger partial charge >= 0.3 is 5.97 Å². The summed E-state index contributed by atoms with van der Waals surface area (Å²) in [5.74, 6) is -2.40. The van der Waals surface area contributed by atoms with E-state index in [0.717, 1.165) is 33.6 Å². The molecule has 232 valence electrons. The van der Waals surface area contributed by atoms with Gasteiger partial charge in [-0.25, -0.2) is 0 Å². The summed E-state index contributed by atoms with van der Waals surface area (Å²) in [6.07, 6.45) is 1.75. The molecule has 0 aromatic heterocycles. The summed E-state index contributed by atoms with van der Waals surface area (Å²) in [5.41, 5.74) is 5.15. The molecule has 0 saturated carbocycles. The highest BCUT2D eigenvalue weighted by Gasteiger charge is 2.33. The summed E-state index contributed by atoms with van der Waals surface area (Å²) in [4.78, 5) is 38.2. The van der Waals surface area contributed by atoms with Gasteiger partial charge in [-0.3, -0.25) is 19.2 Å². The van der Waals surface area contributed by atoms with Crippen molar-refractivity contribution in [2.24, 2.45) is 0 Å². The number of carbonyl (C=O) groups excluding carboxylic acids is 1. The summed E-state index contributed by atoms with van der Waals surface area (Å²) >= 11 is 3.77. The largest absolute Gasteiger partial charge is 0.481 e. The Morgan fingerprint density at radius 3 is 1.58 bits per heavy atom. The molecule has 0 radical (unpaired) electrons. The number of rotatable bonds is 6. The molecule has 0 unspecified atom stereocenters. The number of aliphatic carboxylic acids is 3. The number of esters is 1. The average Bonchev–Trinajstić information content (AvgIpc) is 2.93. The third-order valence-electron chi connectivity index (χ3n) is 5.88. The number of benzene rings is 3. The second-order valence-electron chi connectivity index (χ2n) is 9.54. The maximum Gasteiger partial charge on any atom is 0.302 e. The molecule has 10 heteroatoms. The first-order valence-electron chi connectivity index (χ1n) is 13.5. The van der Waals surface area contributed by atoms with Gasteiger partial charge in [-0.1, -0.05) is 101 Å². The minimum absolute atomic E-state index is 0.0734. The fraction of sp³-hybridized carbons (Fsp3) is 0.333. The third-order valence-corrected chi connectivity index (χ3v) is 6.74. The van der Waals surface area contributed by atoms with Crippen LogP contribution in [-0.2, 0) is 28.7 Å². The van der Waals surface area contributed by atoms with Gasteiger partial charge in [-0.15, -0.1) is 0 Å². The van der Waals surface area contributed by atoms with Crippen LogP contribution in [0.15, 0.2) is 84.9 Å². The Hall–Kier alpha value is -4.02. The number of carboxylic acid groups (broad SMARTS) is 3. The molecule has 43 heavy (non-hydrogen) atoms. The first kappa shape index (κ1) is 37.0. The van der Waals surface area contributed by atoms with E-state index in [0.29, 0.717) is 6.61 Å². The molecule has 3 N–H and O–H groups in total. The van der Waals surface area contributed by atoms with Crippen LogP contribution in [0.4, 0.5) is 0 Å². The number of carboxylic acids is 3. The lowest BCUT2D eigenvalue weighted by Crippen LogP contribution is -2.34. The van der Waals surface area contributed by atoms with Crippen molar-refractivity contribution < 1.29 is 44.0 Å². The zero-order chi connectivity index (χ0) is 32.4. The Morgan fingerprint density at radius 1 is 0.744 bits per heavy atom. The molecule has 3 atom stereocenters. The molecule has 1 saturated heterocycles. The molecular weight excluding hydrogens is 620 g/mol. The van der Waals surface area contributed by atoms with Crippen molar-refractivity contribution >= 4 is 39.8 Å². The molecule has 1 heterocycles. The second-order valence-corrected chi connectivity index (χ2v) is 10.4. The van der Waals surface area contributed by atoms with E-state index < -0.39 is 17.9 Å². The molecule has 1 fully saturated rings. The molecule has 0 spiro atoms. The highest BCUT2D eigenvalue weighted by Crippen LogP contribution is 2.42. The molecular formula is C33H39BrO9. The Kier molecular flexibility index (Phi) is 17.2. The predicted octanol–water partition coefficient (Wildman–Crippen LogP) is 6.69. The van der Waals surface area contributed by atoms with Crippen LogP contribution >= 0.6 is 15.9 Å². The number of hydrogen-bond donors (Lipinski definition) is 3. The summed E-state index contributed by atoms with van der Waals surface area (Å²) in [7, 11) is 0. The van der Waals surface area contributed by atoms with Gasteiger partial charge in [-0.2, -0.15) is 0 Å². The van der Waals surface area contributed by atoms with Gasteiger partial charge in [0.1, 0.15) is 11.6 Å². The lowest BCUT2D eigenvalue weighted by molar-refractivity contribution is -0.147. The summed E-state index contributed by atoms with van der Waals surface area (Å²) in [6.45, 7) is 4.99. The van der Waals surface area contributed by atoms with Crippen LogP contribution in [0.3, 0.4) is 0 Å². The minimum atomic E-state index is -0.833.